The average Bonchev–Trinajstić information content (AvgIpc) is 3.32. The highest BCUT2D eigenvalue weighted by atomic mass is 32.1. The average molecular weight is 380 g/mol. The molecule has 1 amide bonds. The molecule has 0 N–H and O–H groups in total. The van der Waals surface area contributed by atoms with Crippen LogP contribution in [0.4, 0.5) is 0 Å². The van der Waals surface area contributed by atoms with E-state index in [4.69, 9.17) is 9.72 Å². The Morgan fingerprint density at radius 2 is 1.96 bits per heavy atom. The summed E-state index contributed by atoms with van der Waals surface area (Å²) in [6.07, 6.45) is 1.90. The van der Waals surface area contributed by atoms with E-state index in [1.54, 1.807) is 35.6 Å². The van der Waals surface area contributed by atoms with Crippen LogP contribution in [0.3, 0.4) is 0 Å². The van der Waals surface area contributed by atoms with Crippen molar-refractivity contribution >= 4 is 33.2 Å². The van der Waals surface area contributed by atoms with Gasteiger partial charge in [0.25, 0.3) is 5.91 Å². The van der Waals surface area contributed by atoms with Crippen LogP contribution in [-0.4, -0.2) is 34.7 Å². The van der Waals surface area contributed by atoms with Crippen molar-refractivity contribution in [3.63, 3.8) is 0 Å². The summed E-state index contributed by atoms with van der Waals surface area (Å²) in [5, 5.41) is 0.993. The number of ketones is 1. The Labute approximate surface area is 161 Å². The summed E-state index contributed by atoms with van der Waals surface area (Å²) in [7, 11) is 0. The van der Waals surface area contributed by atoms with E-state index in [9.17, 15) is 9.59 Å². The minimum Gasteiger partial charge on any atom is -0.484 e. The molecule has 2 heterocycles. The highest BCUT2D eigenvalue weighted by Crippen LogP contribution is 2.36. The van der Waals surface area contributed by atoms with Gasteiger partial charge in [0.2, 0.25) is 0 Å². The Morgan fingerprint density at radius 1 is 1.19 bits per heavy atom. The number of hydrogen-bond donors (Lipinski definition) is 0. The third-order valence-electron chi connectivity index (χ3n) is 4.79. The van der Waals surface area contributed by atoms with Gasteiger partial charge in [-0.15, -0.1) is 11.3 Å². The number of amides is 1. The van der Waals surface area contributed by atoms with E-state index in [1.807, 2.05) is 23.1 Å². The molecule has 2 aromatic carbocycles. The minimum atomic E-state index is -0.0348. The maximum atomic E-state index is 12.7. The fourth-order valence-electron chi connectivity index (χ4n) is 3.37. The van der Waals surface area contributed by atoms with E-state index in [-0.39, 0.29) is 24.3 Å². The predicted octanol–water partition coefficient (Wildman–Crippen LogP) is 4.24. The summed E-state index contributed by atoms with van der Waals surface area (Å²) in [4.78, 5) is 30.6. The van der Waals surface area contributed by atoms with Gasteiger partial charge in [0, 0.05) is 12.1 Å². The molecule has 0 aliphatic carbocycles. The maximum absolute atomic E-state index is 12.7. The molecule has 0 spiro atoms. The zero-order valence-electron chi connectivity index (χ0n) is 15.1. The number of fused-ring (bicyclic) bond motifs is 1. The van der Waals surface area contributed by atoms with Crippen LogP contribution in [0.25, 0.3) is 10.2 Å². The van der Waals surface area contributed by atoms with E-state index >= 15 is 0 Å². The SMILES string of the molecule is CC(=O)c1ccc(OCC(=O)N2CCC[C@H]2c2nc3ccccc3s2)cc1. The summed E-state index contributed by atoms with van der Waals surface area (Å²) in [6.45, 7) is 2.24. The first kappa shape index (κ1) is 17.7. The van der Waals surface area contributed by atoms with E-state index in [0.29, 0.717) is 11.3 Å². The fraction of sp³-hybridized carbons (Fsp3) is 0.286. The van der Waals surface area contributed by atoms with Crippen molar-refractivity contribution in [1.29, 1.82) is 0 Å². The van der Waals surface area contributed by atoms with E-state index < -0.39 is 0 Å². The number of benzene rings is 2. The second-order valence-electron chi connectivity index (χ2n) is 6.63. The number of para-hydroxylation sites is 1. The molecule has 138 valence electrons. The normalized spacial score (nSPS) is 16.6. The van der Waals surface area contributed by atoms with Crippen LogP contribution in [0.5, 0.6) is 5.75 Å². The van der Waals surface area contributed by atoms with Gasteiger partial charge in [0.15, 0.2) is 12.4 Å². The molecule has 4 rings (SSSR count). The lowest BCUT2D eigenvalue weighted by Crippen LogP contribution is -2.34. The molecule has 0 saturated carbocycles. The first-order valence-electron chi connectivity index (χ1n) is 9.00. The Balaban J connectivity index is 1.43. The molecule has 0 bridgehead atoms. The summed E-state index contributed by atoms with van der Waals surface area (Å²) >= 11 is 1.66. The van der Waals surface area contributed by atoms with Crippen molar-refractivity contribution in [2.24, 2.45) is 0 Å². The molecule has 1 saturated heterocycles. The first-order chi connectivity index (χ1) is 13.1. The van der Waals surface area contributed by atoms with Gasteiger partial charge >= 0.3 is 0 Å². The zero-order chi connectivity index (χ0) is 18.8. The van der Waals surface area contributed by atoms with Crippen LogP contribution in [0.2, 0.25) is 0 Å². The third kappa shape index (κ3) is 3.71. The monoisotopic (exact) mass is 380 g/mol. The van der Waals surface area contributed by atoms with Crippen LogP contribution >= 0.6 is 11.3 Å². The number of aromatic nitrogens is 1. The van der Waals surface area contributed by atoms with Crippen LogP contribution in [-0.2, 0) is 4.79 Å². The topological polar surface area (TPSA) is 59.5 Å². The van der Waals surface area contributed by atoms with Gasteiger partial charge in [-0.3, -0.25) is 9.59 Å². The van der Waals surface area contributed by atoms with Crippen LogP contribution in [0, 0.1) is 0 Å². The Morgan fingerprint density at radius 3 is 2.70 bits per heavy atom. The molecule has 0 radical (unpaired) electrons. The number of ether oxygens (including phenoxy) is 1. The molecule has 1 aliphatic rings. The molecule has 1 aliphatic heterocycles. The van der Waals surface area contributed by atoms with Crippen molar-refractivity contribution in [3.05, 3.63) is 59.1 Å². The number of carbonyl (C=O) groups is 2. The van der Waals surface area contributed by atoms with Crippen LogP contribution in [0.1, 0.15) is 41.2 Å². The number of hydrogen-bond acceptors (Lipinski definition) is 5. The number of rotatable bonds is 5. The highest BCUT2D eigenvalue weighted by molar-refractivity contribution is 7.18. The van der Waals surface area contributed by atoms with Gasteiger partial charge in [0.05, 0.1) is 16.3 Å². The molecule has 1 fully saturated rings. The lowest BCUT2D eigenvalue weighted by atomic mass is 10.1. The molecule has 3 aromatic rings. The Kier molecular flexibility index (Phi) is 4.90. The number of Topliss-reactive ketones (excluding diaryl/α,β-unsaturated/α-hetero) is 1. The smallest absolute Gasteiger partial charge is 0.261 e. The molecule has 27 heavy (non-hydrogen) atoms. The summed E-state index contributed by atoms with van der Waals surface area (Å²) in [6, 6.07) is 14.9. The van der Waals surface area contributed by atoms with Gasteiger partial charge < -0.3 is 9.64 Å². The molecule has 6 heteroatoms. The van der Waals surface area contributed by atoms with Crippen LogP contribution in [0.15, 0.2) is 48.5 Å². The van der Waals surface area contributed by atoms with Crippen LogP contribution < -0.4 is 4.74 Å². The summed E-state index contributed by atoms with van der Waals surface area (Å²) < 4.78 is 6.79. The lowest BCUT2D eigenvalue weighted by molar-refractivity contribution is -0.134. The second kappa shape index (κ2) is 7.48. The molecule has 0 unspecified atom stereocenters. The summed E-state index contributed by atoms with van der Waals surface area (Å²) in [5.41, 5.74) is 1.61. The molecular formula is C21H20N2O3S. The van der Waals surface area contributed by atoms with E-state index in [1.165, 1.54) is 6.92 Å². The highest BCUT2D eigenvalue weighted by Gasteiger charge is 2.32. The van der Waals surface area contributed by atoms with Gasteiger partial charge in [-0.1, -0.05) is 12.1 Å². The second-order valence-corrected chi connectivity index (χ2v) is 7.70. The number of likely N-dealkylation sites (tertiary alicyclic amines) is 1. The standard InChI is InChI=1S/C21H20N2O3S/c1-14(24)15-8-10-16(11-9-15)26-13-20(25)23-12-4-6-18(23)21-22-17-5-2-3-7-19(17)27-21/h2-3,5,7-11,18H,4,6,12-13H2,1H3/t18-/m0/s1. The lowest BCUT2D eigenvalue weighted by Gasteiger charge is -2.23. The summed E-state index contributed by atoms with van der Waals surface area (Å²) in [5.74, 6) is 0.560. The molecule has 1 aromatic heterocycles. The van der Waals surface area contributed by atoms with Gasteiger partial charge in [-0.2, -0.15) is 0 Å². The number of thiazole rings is 1. The minimum absolute atomic E-state index is 0.00775. The predicted molar refractivity (Wildman–Crippen MR) is 105 cm³/mol. The maximum Gasteiger partial charge on any atom is 0.261 e. The van der Waals surface area contributed by atoms with Crippen molar-refractivity contribution in [3.8, 4) is 5.75 Å². The van der Waals surface area contributed by atoms with Crippen molar-refractivity contribution in [2.45, 2.75) is 25.8 Å². The van der Waals surface area contributed by atoms with Gasteiger partial charge in [-0.05, 0) is 56.2 Å². The van der Waals surface area contributed by atoms with E-state index in [2.05, 4.69) is 6.07 Å². The van der Waals surface area contributed by atoms with E-state index in [0.717, 1.165) is 34.6 Å². The molecule has 1 atom stereocenters. The number of carbonyl (C=O) groups excluding carboxylic acids is 2. The first-order valence-corrected chi connectivity index (χ1v) is 9.82. The number of nitrogens with zero attached hydrogens (tertiary/aromatic N) is 2. The molecular weight excluding hydrogens is 360 g/mol. The Bertz CT molecular complexity index is 948. The zero-order valence-corrected chi connectivity index (χ0v) is 15.9. The largest absolute Gasteiger partial charge is 0.484 e. The third-order valence-corrected chi connectivity index (χ3v) is 5.93. The molecule has 5 nitrogen and oxygen atoms in total. The fourth-order valence-corrected chi connectivity index (χ4v) is 4.48. The van der Waals surface area contributed by atoms with Gasteiger partial charge in [0.1, 0.15) is 10.8 Å². The van der Waals surface area contributed by atoms with Crippen molar-refractivity contribution in [2.75, 3.05) is 13.2 Å². The van der Waals surface area contributed by atoms with Gasteiger partial charge in [-0.25, -0.2) is 4.98 Å². The van der Waals surface area contributed by atoms with Crippen molar-refractivity contribution in [1.82, 2.24) is 9.88 Å². The quantitative estimate of drug-likeness (QED) is 0.621. The van der Waals surface area contributed by atoms with Crippen molar-refractivity contribution < 1.29 is 14.3 Å². The Hall–Kier alpha value is -2.73.